The number of nitrogens with zero attached hydrogens (tertiary/aromatic N) is 6. The number of aromatic hydroxyl groups is 1. The van der Waals surface area contributed by atoms with Crippen molar-refractivity contribution in [2.24, 2.45) is 0 Å². The van der Waals surface area contributed by atoms with Gasteiger partial charge in [0, 0.05) is 32.7 Å². The van der Waals surface area contributed by atoms with Crippen LogP contribution in [0.5, 0.6) is 5.75 Å². The number of anilines is 1. The first-order valence-electron chi connectivity index (χ1n) is 10.7. The van der Waals surface area contributed by atoms with E-state index in [0.717, 1.165) is 37.7 Å². The first kappa shape index (κ1) is 22.2. The molecule has 1 saturated heterocycles. The van der Waals surface area contributed by atoms with Gasteiger partial charge in [0.05, 0.1) is 28.6 Å². The number of piperazine rings is 1. The third-order valence-electron chi connectivity index (χ3n) is 5.61. The van der Waals surface area contributed by atoms with Crippen LogP contribution in [0.2, 0.25) is 0 Å². The molecule has 1 fully saturated rings. The maximum atomic E-state index is 12.2. The number of pyridine rings is 1. The Labute approximate surface area is 188 Å². The number of phenolic OH excluding ortho intramolecular Hbond substituents is 1. The van der Waals surface area contributed by atoms with Crippen molar-refractivity contribution >= 4 is 15.7 Å². The normalized spacial score (nSPS) is 15.4. The van der Waals surface area contributed by atoms with Gasteiger partial charge in [-0.25, -0.2) is 18.1 Å². The lowest BCUT2D eigenvalue weighted by atomic mass is 10.2. The van der Waals surface area contributed by atoms with Gasteiger partial charge in [-0.05, 0) is 38.1 Å². The molecule has 170 valence electrons. The second-order valence-electron chi connectivity index (χ2n) is 8.25. The Morgan fingerprint density at radius 2 is 1.75 bits per heavy atom. The molecule has 3 aromatic rings. The van der Waals surface area contributed by atoms with Gasteiger partial charge in [-0.1, -0.05) is 23.4 Å². The molecule has 0 saturated carbocycles. The van der Waals surface area contributed by atoms with Crippen molar-refractivity contribution in [2.75, 3.05) is 31.1 Å². The topological polar surface area (TPSA) is 104 Å². The van der Waals surface area contributed by atoms with E-state index in [1.807, 2.05) is 24.4 Å². The number of hydrogen-bond donors (Lipinski definition) is 1. The van der Waals surface area contributed by atoms with Crippen molar-refractivity contribution in [2.45, 2.75) is 31.4 Å². The maximum absolute atomic E-state index is 12.2. The molecule has 0 bridgehead atoms. The van der Waals surface area contributed by atoms with Gasteiger partial charge in [-0.3, -0.25) is 4.90 Å². The van der Waals surface area contributed by atoms with Gasteiger partial charge < -0.3 is 10.0 Å². The van der Waals surface area contributed by atoms with Gasteiger partial charge in [0.2, 0.25) is 0 Å². The number of sulfone groups is 1. The minimum atomic E-state index is -3.18. The van der Waals surface area contributed by atoms with E-state index in [1.54, 1.807) is 42.8 Å². The highest BCUT2D eigenvalue weighted by Crippen LogP contribution is 2.21. The molecule has 1 aliphatic heterocycles. The molecular weight excluding hydrogens is 428 g/mol. The molecule has 0 atom stereocenters. The molecular formula is C22H28N6O3S. The molecule has 1 aliphatic rings. The Balaban J connectivity index is 1.35. The lowest BCUT2D eigenvalue weighted by Gasteiger charge is -2.35. The molecule has 1 N–H and O–H groups in total. The van der Waals surface area contributed by atoms with Crippen molar-refractivity contribution in [1.29, 1.82) is 0 Å². The van der Waals surface area contributed by atoms with Crippen LogP contribution in [0.25, 0.3) is 5.69 Å². The highest BCUT2D eigenvalue weighted by atomic mass is 32.2. The van der Waals surface area contributed by atoms with Crippen molar-refractivity contribution in [3.05, 3.63) is 60.0 Å². The Morgan fingerprint density at radius 3 is 2.47 bits per heavy atom. The third-order valence-corrected chi connectivity index (χ3v) is 7.75. The average molecular weight is 457 g/mol. The lowest BCUT2D eigenvalue weighted by Crippen LogP contribution is -2.46. The highest BCUT2D eigenvalue weighted by Gasteiger charge is 2.21. The van der Waals surface area contributed by atoms with Crippen LogP contribution in [0.4, 0.5) is 5.82 Å². The van der Waals surface area contributed by atoms with E-state index in [4.69, 9.17) is 0 Å². The molecule has 10 heteroatoms. The summed E-state index contributed by atoms with van der Waals surface area (Å²) in [5.41, 5.74) is 2.02. The van der Waals surface area contributed by atoms with E-state index >= 15 is 0 Å². The van der Waals surface area contributed by atoms with E-state index in [0.29, 0.717) is 17.9 Å². The van der Waals surface area contributed by atoms with E-state index < -0.39 is 15.1 Å². The van der Waals surface area contributed by atoms with Gasteiger partial charge >= 0.3 is 0 Å². The van der Waals surface area contributed by atoms with Crippen LogP contribution in [0.3, 0.4) is 0 Å². The van der Waals surface area contributed by atoms with Crippen molar-refractivity contribution in [3.63, 3.8) is 0 Å². The molecule has 2 aromatic heterocycles. The van der Waals surface area contributed by atoms with Gasteiger partial charge in [0.1, 0.15) is 17.3 Å². The van der Waals surface area contributed by atoms with Crippen LogP contribution in [0.1, 0.15) is 25.2 Å². The predicted molar refractivity (Wildman–Crippen MR) is 123 cm³/mol. The zero-order valence-corrected chi connectivity index (χ0v) is 19.1. The molecule has 32 heavy (non-hydrogen) atoms. The number of hydrogen-bond acceptors (Lipinski definition) is 8. The Bertz CT molecular complexity index is 1170. The molecule has 0 unspecified atom stereocenters. The largest absolute Gasteiger partial charge is 0.506 e. The molecule has 9 nitrogen and oxygen atoms in total. The summed E-state index contributed by atoms with van der Waals surface area (Å²) in [5, 5.41) is 18.0. The fourth-order valence-electron chi connectivity index (χ4n) is 3.61. The number of aromatic nitrogens is 4. The van der Waals surface area contributed by atoms with Gasteiger partial charge in [-0.15, -0.1) is 5.10 Å². The number of para-hydroxylation sites is 2. The molecule has 3 heterocycles. The van der Waals surface area contributed by atoms with E-state index in [2.05, 4.69) is 25.1 Å². The van der Waals surface area contributed by atoms with Gasteiger partial charge in [-0.2, -0.15) is 0 Å². The van der Waals surface area contributed by atoms with Crippen molar-refractivity contribution in [1.82, 2.24) is 24.9 Å². The molecule has 0 radical (unpaired) electrons. The second-order valence-corrected chi connectivity index (χ2v) is 10.8. The maximum Gasteiger partial charge on any atom is 0.158 e. The molecule has 0 aliphatic carbocycles. The Kier molecular flexibility index (Phi) is 6.43. The summed E-state index contributed by atoms with van der Waals surface area (Å²) in [7, 11) is -3.18. The molecule has 0 amide bonds. The molecule has 4 rings (SSSR count). The van der Waals surface area contributed by atoms with Crippen LogP contribution >= 0.6 is 0 Å². The first-order chi connectivity index (χ1) is 15.3. The summed E-state index contributed by atoms with van der Waals surface area (Å²) in [6.45, 7) is 7.31. The number of benzene rings is 1. The summed E-state index contributed by atoms with van der Waals surface area (Å²) in [6, 6.07) is 12.6. The minimum absolute atomic E-state index is 0.0366. The smallest absolute Gasteiger partial charge is 0.158 e. The lowest BCUT2D eigenvalue weighted by molar-refractivity contribution is 0.246. The minimum Gasteiger partial charge on any atom is -0.506 e. The van der Waals surface area contributed by atoms with Crippen LogP contribution in [0.15, 0.2) is 48.7 Å². The number of rotatable bonds is 7. The standard InChI is InChI=1S/C22H28N6O3S/c1-17(2)32(30,31)16-18-6-5-9-22(23-18)27-12-10-26(11-13-27)14-19-15-28(25-24-19)20-7-3-4-8-21(20)29/h3-9,15,17,29H,10-14,16H2,1-2H3. The summed E-state index contributed by atoms with van der Waals surface area (Å²) < 4.78 is 26.0. The average Bonchev–Trinajstić information content (AvgIpc) is 3.22. The zero-order valence-electron chi connectivity index (χ0n) is 18.3. The van der Waals surface area contributed by atoms with Crippen LogP contribution < -0.4 is 4.90 Å². The van der Waals surface area contributed by atoms with Crippen molar-refractivity contribution < 1.29 is 13.5 Å². The van der Waals surface area contributed by atoms with Crippen LogP contribution in [-0.4, -0.2) is 69.8 Å². The fraction of sp³-hybridized carbons (Fsp3) is 0.409. The molecule has 0 spiro atoms. The third kappa shape index (κ3) is 5.08. The summed E-state index contributed by atoms with van der Waals surface area (Å²) in [6.07, 6.45) is 1.83. The summed E-state index contributed by atoms with van der Waals surface area (Å²) in [4.78, 5) is 9.07. The molecule has 1 aromatic carbocycles. The van der Waals surface area contributed by atoms with Gasteiger partial charge in [0.15, 0.2) is 9.84 Å². The number of phenols is 1. The van der Waals surface area contributed by atoms with E-state index in [1.165, 1.54) is 0 Å². The highest BCUT2D eigenvalue weighted by molar-refractivity contribution is 7.91. The summed E-state index contributed by atoms with van der Waals surface area (Å²) >= 11 is 0. The monoisotopic (exact) mass is 456 g/mol. The van der Waals surface area contributed by atoms with E-state index in [-0.39, 0.29) is 11.5 Å². The van der Waals surface area contributed by atoms with Gasteiger partial charge in [0.25, 0.3) is 0 Å². The predicted octanol–water partition coefficient (Wildman–Crippen LogP) is 2.01. The second kappa shape index (κ2) is 9.25. The fourth-order valence-corrected chi connectivity index (χ4v) is 4.51. The van der Waals surface area contributed by atoms with Crippen LogP contribution in [0, 0.1) is 0 Å². The zero-order chi connectivity index (χ0) is 22.7. The Morgan fingerprint density at radius 1 is 1.00 bits per heavy atom. The van der Waals surface area contributed by atoms with Crippen LogP contribution in [-0.2, 0) is 22.1 Å². The quantitative estimate of drug-likeness (QED) is 0.576. The first-order valence-corrected chi connectivity index (χ1v) is 12.4. The van der Waals surface area contributed by atoms with E-state index in [9.17, 15) is 13.5 Å². The Hall–Kier alpha value is -2.98. The van der Waals surface area contributed by atoms with Crippen molar-refractivity contribution in [3.8, 4) is 11.4 Å². The SMILES string of the molecule is CC(C)S(=O)(=O)Cc1cccc(N2CCN(Cc3cn(-c4ccccc4O)nn3)CC2)n1. The summed E-state index contributed by atoms with van der Waals surface area (Å²) in [5.74, 6) is 0.936.